The van der Waals surface area contributed by atoms with E-state index in [1.807, 2.05) is 0 Å². The summed E-state index contributed by atoms with van der Waals surface area (Å²) in [6, 6.07) is -0.583. The van der Waals surface area contributed by atoms with Gasteiger partial charge in [0.15, 0.2) is 0 Å². The number of likely N-dealkylation sites (tertiary alicyclic amines) is 1. The van der Waals surface area contributed by atoms with Gasteiger partial charge in [-0.05, 0) is 24.7 Å². The third-order valence-corrected chi connectivity index (χ3v) is 3.18. The number of esters is 1. The van der Waals surface area contributed by atoms with Crippen LogP contribution in [0.4, 0.5) is 4.79 Å². The minimum Gasteiger partial charge on any atom is -0.467 e. The summed E-state index contributed by atoms with van der Waals surface area (Å²) < 4.78 is 4.59. The number of carboxylic acid groups (broad SMARTS) is 1. The van der Waals surface area contributed by atoms with E-state index in [4.69, 9.17) is 5.11 Å². The summed E-state index contributed by atoms with van der Waals surface area (Å²) in [4.78, 5) is 23.4. The molecule has 0 radical (unpaired) electrons. The van der Waals surface area contributed by atoms with Crippen LogP contribution in [0.25, 0.3) is 0 Å². The zero-order chi connectivity index (χ0) is 10.3. The molecule has 1 amide bonds. The molecule has 1 spiro atoms. The first-order valence-electron chi connectivity index (χ1n) is 4.65. The molecule has 0 aromatic heterocycles. The minimum atomic E-state index is -1.02. The molecule has 0 aromatic rings. The van der Waals surface area contributed by atoms with Crippen molar-refractivity contribution >= 4 is 12.1 Å². The molecule has 78 valence electrons. The van der Waals surface area contributed by atoms with E-state index < -0.39 is 18.1 Å². The summed E-state index contributed by atoms with van der Waals surface area (Å²) in [5.74, 6) is -0.434. The first-order valence-corrected chi connectivity index (χ1v) is 4.65. The number of carbonyl (C=O) groups excluding carboxylic acids is 1. The number of amides is 1. The normalized spacial score (nSPS) is 27.8. The summed E-state index contributed by atoms with van der Waals surface area (Å²) in [7, 11) is 1.29. The third kappa shape index (κ3) is 1.32. The van der Waals surface area contributed by atoms with Gasteiger partial charge < -0.3 is 9.84 Å². The molecule has 5 heteroatoms. The van der Waals surface area contributed by atoms with Crippen molar-refractivity contribution in [3.8, 4) is 0 Å². The lowest BCUT2D eigenvalue weighted by atomic mass is 10.0. The van der Waals surface area contributed by atoms with Gasteiger partial charge in [0.25, 0.3) is 0 Å². The maximum absolute atomic E-state index is 11.3. The highest BCUT2D eigenvalue weighted by molar-refractivity contribution is 5.81. The molecule has 1 saturated heterocycles. The van der Waals surface area contributed by atoms with Crippen LogP contribution in [0.2, 0.25) is 0 Å². The Bertz CT molecular complexity index is 285. The summed E-state index contributed by atoms with van der Waals surface area (Å²) in [6.45, 7) is 0.488. The highest BCUT2D eigenvalue weighted by Gasteiger charge is 2.55. The molecule has 2 aliphatic rings. The average molecular weight is 199 g/mol. The van der Waals surface area contributed by atoms with E-state index in [1.165, 1.54) is 12.0 Å². The van der Waals surface area contributed by atoms with E-state index in [0.29, 0.717) is 13.0 Å². The van der Waals surface area contributed by atoms with Crippen LogP contribution in [0.3, 0.4) is 0 Å². The summed E-state index contributed by atoms with van der Waals surface area (Å²) in [6.07, 6.45) is 1.67. The van der Waals surface area contributed by atoms with Crippen molar-refractivity contribution in [2.75, 3.05) is 13.7 Å². The van der Waals surface area contributed by atoms with Crippen molar-refractivity contribution in [2.45, 2.75) is 25.3 Å². The predicted molar refractivity (Wildman–Crippen MR) is 46.8 cm³/mol. The summed E-state index contributed by atoms with van der Waals surface area (Å²) >= 11 is 0. The van der Waals surface area contributed by atoms with Crippen LogP contribution in [0, 0.1) is 5.41 Å². The summed E-state index contributed by atoms with van der Waals surface area (Å²) in [5, 5.41) is 8.91. The molecule has 0 unspecified atom stereocenters. The predicted octanol–water partition coefficient (Wildman–Crippen LogP) is 0.692. The zero-order valence-corrected chi connectivity index (χ0v) is 8.02. The minimum absolute atomic E-state index is 0.0945. The average Bonchev–Trinajstić information content (AvgIpc) is 2.76. The lowest BCUT2D eigenvalue weighted by Gasteiger charge is -2.18. The second-order valence-electron chi connectivity index (χ2n) is 4.15. The largest absolute Gasteiger partial charge is 0.467 e. The molecule has 2 fully saturated rings. The van der Waals surface area contributed by atoms with Gasteiger partial charge in [-0.2, -0.15) is 0 Å². The van der Waals surface area contributed by atoms with Crippen molar-refractivity contribution in [1.29, 1.82) is 0 Å². The smallest absolute Gasteiger partial charge is 0.408 e. The monoisotopic (exact) mass is 199 g/mol. The lowest BCUT2D eigenvalue weighted by molar-refractivity contribution is -0.145. The second-order valence-corrected chi connectivity index (χ2v) is 4.15. The maximum Gasteiger partial charge on any atom is 0.408 e. The van der Waals surface area contributed by atoms with E-state index in [9.17, 15) is 9.59 Å². The molecule has 1 atom stereocenters. The Morgan fingerprint density at radius 2 is 2.14 bits per heavy atom. The highest BCUT2D eigenvalue weighted by Crippen LogP contribution is 2.54. The number of nitrogens with zero attached hydrogens (tertiary/aromatic N) is 1. The van der Waals surface area contributed by atoms with Gasteiger partial charge in [-0.15, -0.1) is 0 Å². The molecule has 1 aliphatic heterocycles. The van der Waals surface area contributed by atoms with Gasteiger partial charge in [0.2, 0.25) is 0 Å². The fourth-order valence-corrected chi connectivity index (χ4v) is 2.14. The molecule has 2 rings (SSSR count). The Morgan fingerprint density at radius 3 is 2.57 bits per heavy atom. The van der Waals surface area contributed by atoms with Crippen LogP contribution in [0.1, 0.15) is 19.3 Å². The van der Waals surface area contributed by atoms with Crippen LogP contribution in [0.5, 0.6) is 0 Å². The number of hydrogen-bond donors (Lipinski definition) is 1. The van der Waals surface area contributed by atoms with Crippen LogP contribution >= 0.6 is 0 Å². The molecule has 1 N–H and O–H groups in total. The summed E-state index contributed by atoms with van der Waals surface area (Å²) in [5.41, 5.74) is 0.0945. The first-order chi connectivity index (χ1) is 6.58. The fourth-order valence-electron chi connectivity index (χ4n) is 2.14. The third-order valence-electron chi connectivity index (χ3n) is 3.18. The lowest BCUT2D eigenvalue weighted by Crippen LogP contribution is -2.40. The van der Waals surface area contributed by atoms with Crippen LogP contribution in [-0.4, -0.2) is 41.8 Å². The van der Waals surface area contributed by atoms with Gasteiger partial charge in [-0.3, -0.25) is 4.90 Å². The van der Waals surface area contributed by atoms with Gasteiger partial charge in [0, 0.05) is 6.54 Å². The zero-order valence-electron chi connectivity index (χ0n) is 8.02. The SMILES string of the molecule is COC(=O)[C@@H]1CC2(CC2)CN1C(=O)O. The molecule has 1 heterocycles. The van der Waals surface area contributed by atoms with E-state index in [1.54, 1.807) is 0 Å². The Kier molecular flexibility index (Phi) is 1.90. The van der Waals surface area contributed by atoms with Gasteiger partial charge in [0.05, 0.1) is 7.11 Å². The Hall–Kier alpha value is -1.26. The first kappa shape index (κ1) is 9.30. The van der Waals surface area contributed by atoms with E-state index in [0.717, 1.165) is 12.8 Å². The quantitative estimate of drug-likeness (QED) is 0.631. The maximum atomic E-state index is 11.3. The Morgan fingerprint density at radius 1 is 1.50 bits per heavy atom. The topological polar surface area (TPSA) is 66.8 Å². The molecule has 0 bridgehead atoms. The van der Waals surface area contributed by atoms with E-state index >= 15 is 0 Å². The van der Waals surface area contributed by atoms with Crippen LogP contribution < -0.4 is 0 Å². The molecule has 14 heavy (non-hydrogen) atoms. The molecular formula is C9H13NO4. The molecule has 0 aromatic carbocycles. The number of rotatable bonds is 1. The van der Waals surface area contributed by atoms with Crippen LogP contribution in [-0.2, 0) is 9.53 Å². The number of ether oxygens (including phenoxy) is 1. The van der Waals surface area contributed by atoms with Crippen molar-refractivity contribution < 1.29 is 19.4 Å². The van der Waals surface area contributed by atoms with Crippen LogP contribution in [0.15, 0.2) is 0 Å². The van der Waals surface area contributed by atoms with Crippen molar-refractivity contribution in [1.82, 2.24) is 4.90 Å². The van der Waals surface area contributed by atoms with Crippen molar-refractivity contribution in [3.05, 3.63) is 0 Å². The number of methoxy groups -OCH3 is 1. The number of hydrogen-bond acceptors (Lipinski definition) is 3. The van der Waals surface area contributed by atoms with Gasteiger partial charge in [0.1, 0.15) is 6.04 Å². The molecular weight excluding hydrogens is 186 g/mol. The van der Waals surface area contributed by atoms with Gasteiger partial charge in [-0.25, -0.2) is 9.59 Å². The fraction of sp³-hybridized carbons (Fsp3) is 0.778. The van der Waals surface area contributed by atoms with Gasteiger partial charge >= 0.3 is 12.1 Å². The number of carbonyl (C=O) groups is 2. The van der Waals surface area contributed by atoms with E-state index in [2.05, 4.69) is 4.74 Å². The highest BCUT2D eigenvalue weighted by atomic mass is 16.5. The molecule has 1 aliphatic carbocycles. The van der Waals surface area contributed by atoms with Crippen molar-refractivity contribution in [3.63, 3.8) is 0 Å². The second kappa shape index (κ2) is 2.87. The molecule has 1 saturated carbocycles. The van der Waals surface area contributed by atoms with Crippen molar-refractivity contribution in [2.24, 2.45) is 5.41 Å². The molecule has 5 nitrogen and oxygen atoms in total. The van der Waals surface area contributed by atoms with E-state index in [-0.39, 0.29) is 5.41 Å². The Balaban J connectivity index is 2.13. The standard InChI is InChI=1S/C9H13NO4/c1-14-7(11)6-4-9(2-3-9)5-10(6)8(12)13/h6H,2-5H2,1H3,(H,12,13)/t6-/m0/s1. The van der Waals surface area contributed by atoms with Gasteiger partial charge in [-0.1, -0.05) is 0 Å². The Labute approximate surface area is 81.6 Å².